The fourth-order valence-electron chi connectivity index (χ4n) is 2.92. The zero-order chi connectivity index (χ0) is 16.6. The fourth-order valence-corrected chi connectivity index (χ4v) is 3.91. The van der Waals surface area contributed by atoms with Gasteiger partial charge < -0.3 is 14.6 Å². The van der Waals surface area contributed by atoms with E-state index in [1.807, 2.05) is 31.2 Å². The van der Waals surface area contributed by atoms with E-state index in [0.717, 1.165) is 22.3 Å². The standard InChI is InChI=1S/C16H20N2O4S/c1-11-13-5-3-4-6-14(13)22-15(11)9-17-16(19)18-8-7-12(10-18)23(2,20)21/h3-6,12H,7-10H2,1-2H3,(H,17,19)/t12-/m1/s1. The molecule has 1 aromatic carbocycles. The number of sulfone groups is 1. The highest BCUT2D eigenvalue weighted by Gasteiger charge is 2.32. The molecule has 7 heteroatoms. The first-order chi connectivity index (χ1) is 10.9. The minimum Gasteiger partial charge on any atom is -0.459 e. The summed E-state index contributed by atoms with van der Waals surface area (Å²) in [5.74, 6) is 0.721. The molecule has 0 aliphatic carbocycles. The summed E-state index contributed by atoms with van der Waals surface area (Å²) in [6.07, 6.45) is 1.72. The van der Waals surface area contributed by atoms with Crippen LogP contribution in [0.25, 0.3) is 11.0 Å². The molecule has 0 radical (unpaired) electrons. The number of fused-ring (bicyclic) bond motifs is 1. The Kier molecular flexibility index (Phi) is 4.06. The lowest BCUT2D eigenvalue weighted by atomic mass is 10.1. The van der Waals surface area contributed by atoms with Crippen LogP contribution >= 0.6 is 0 Å². The smallest absolute Gasteiger partial charge is 0.317 e. The van der Waals surface area contributed by atoms with Crippen LogP contribution in [0.2, 0.25) is 0 Å². The fraction of sp³-hybridized carbons (Fsp3) is 0.438. The van der Waals surface area contributed by atoms with E-state index in [-0.39, 0.29) is 12.6 Å². The van der Waals surface area contributed by atoms with Gasteiger partial charge in [0.2, 0.25) is 0 Å². The first kappa shape index (κ1) is 15.9. The third-order valence-electron chi connectivity index (χ3n) is 4.38. The lowest BCUT2D eigenvalue weighted by molar-refractivity contribution is 0.207. The average molecular weight is 336 g/mol. The summed E-state index contributed by atoms with van der Waals surface area (Å²) < 4.78 is 28.9. The molecule has 1 fully saturated rings. The molecule has 1 aliphatic rings. The number of furan rings is 1. The molecule has 1 saturated heterocycles. The third-order valence-corrected chi connectivity index (χ3v) is 5.98. The van der Waals surface area contributed by atoms with E-state index in [1.54, 1.807) is 4.90 Å². The van der Waals surface area contributed by atoms with Crippen LogP contribution in [0.3, 0.4) is 0 Å². The molecule has 2 aromatic rings. The summed E-state index contributed by atoms with van der Waals surface area (Å²) in [6, 6.07) is 7.48. The summed E-state index contributed by atoms with van der Waals surface area (Å²) in [7, 11) is -3.10. The van der Waals surface area contributed by atoms with Gasteiger partial charge >= 0.3 is 6.03 Å². The van der Waals surface area contributed by atoms with Gasteiger partial charge in [-0.1, -0.05) is 18.2 Å². The normalized spacial score (nSPS) is 18.5. The SMILES string of the molecule is Cc1c(CNC(=O)N2CC[C@@H](S(C)(=O)=O)C2)oc2ccccc12. The van der Waals surface area contributed by atoms with Crippen LogP contribution in [-0.2, 0) is 16.4 Å². The number of aryl methyl sites for hydroxylation is 1. The summed E-state index contributed by atoms with van der Waals surface area (Å²) in [4.78, 5) is 13.7. The quantitative estimate of drug-likeness (QED) is 0.930. The van der Waals surface area contributed by atoms with Crippen molar-refractivity contribution >= 4 is 26.8 Å². The lowest BCUT2D eigenvalue weighted by Gasteiger charge is -2.16. The van der Waals surface area contributed by atoms with Crippen LogP contribution < -0.4 is 5.32 Å². The highest BCUT2D eigenvalue weighted by molar-refractivity contribution is 7.91. The minimum absolute atomic E-state index is 0.254. The topological polar surface area (TPSA) is 79.6 Å². The zero-order valence-corrected chi connectivity index (χ0v) is 14.0. The number of carbonyl (C=O) groups is 1. The van der Waals surface area contributed by atoms with Crippen molar-refractivity contribution < 1.29 is 17.6 Å². The predicted octanol–water partition coefficient (Wildman–Crippen LogP) is 2.07. The van der Waals surface area contributed by atoms with Crippen molar-refractivity contribution in [2.24, 2.45) is 0 Å². The molecule has 23 heavy (non-hydrogen) atoms. The monoisotopic (exact) mass is 336 g/mol. The number of likely N-dealkylation sites (tertiary alicyclic amines) is 1. The second kappa shape index (κ2) is 5.88. The van der Waals surface area contributed by atoms with Gasteiger partial charge in [0.25, 0.3) is 0 Å². The molecule has 0 bridgehead atoms. The van der Waals surface area contributed by atoms with Crippen LogP contribution in [-0.4, -0.2) is 43.9 Å². The van der Waals surface area contributed by atoms with Crippen LogP contribution in [0.4, 0.5) is 4.79 Å². The van der Waals surface area contributed by atoms with E-state index in [0.29, 0.717) is 19.5 Å². The van der Waals surface area contributed by atoms with E-state index >= 15 is 0 Å². The van der Waals surface area contributed by atoms with E-state index in [4.69, 9.17) is 4.42 Å². The Morgan fingerprint density at radius 2 is 2.13 bits per heavy atom. The molecule has 2 amide bonds. The van der Waals surface area contributed by atoms with Gasteiger partial charge in [-0.25, -0.2) is 13.2 Å². The molecular weight excluding hydrogens is 316 g/mol. The predicted molar refractivity (Wildman–Crippen MR) is 88.0 cm³/mol. The third kappa shape index (κ3) is 3.19. The first-order valence-electron chi connectivity index (χ1n) is 7.55. The number of para-hydroxylation sites is 1. The van der Waals surface area contributed by atoms with Gasteiger partial charge in [-0.15, -0.1) is 0 Å². The first-order valence-corrected chi connectivity index (χ1v) is 9.50. The Balaban J connectivity index is 1.64. The maximum atomic E-state index is 12.2. The van der Waals surface area contributed by atoms with Gasteiger partial charge in [-0.2, -0.15) is 0 Å². The summed E-state index contributed by atoms with van der Waals surface area (Å²) in [5, 5.41) is 3.39. The molecule has 6 nitrogen and oxygen atoms in total. The Labute approximate surface area is 135 Å². The maximum absolute atomic E-state index is 12.2. The van der Waals surface area contributed by atoms with Gasteiger partial charge in [-0.05, 0) is 19.4 Å². The van der Waals surface area contributed by atoms with Gasteiger partial charge in [-0.3, -0.25) is 0 Å². The van der Waals surface area contributed by atoms with Crippen molar-refractivity contribution in [3.63, 3.8) is 0 Å². The van der Waals surface area contributed by atoms with Gasteiger partial charge in [0.05, 0.1) is 11.8 Å². The molecule has 2 heterocycles. The number of carbonyl (C=O) groups excluding carboxylic acids is 1. The van der Waals surface area contributed by atoms with Gasteiger partial charge in [0.15, 0.2) is 9.84 Å². The van der Waals surface area contributed by atoms with Crippen molar-refractivity contribution in [1.29, 1.82) is 0 Å². The number of hydrogen-bond acceptors (Lipinski definition) is 4. The van der Waals surface area contributed by atoms with Crippen LogP contribution in [0.15, 0.2) is 28.7 Å². The number of nitrogens with one attached hydrogen (secondary N) is 1. The summed E-state index contributed by atoms with van der Waals surface area (Å²) >= 11 is 0. The largest absolute Gasteiger partial charge is 0.459 e. The maximum Gasteiger partial charge on any atom is 0.317 e. The molecular formula is C16H20N2O4S. The molecule has 1 aliphatic heterocycles. The molecule has 124 valence electrons. The van der Waals surface area contributed by atoms with E-state index < -0.39 is 15.1 Å². The number of rotatable bonds is 3. The molecule has 1 atom stereocenters. The molecule has 0 spiro atoms. The van der Waals surface area contributed by atoms with Crippen LogP contribution in [0.1, 0.15) is 17.7 Å². The highest BCUT2D eigenvalue weighted by Crippen LogP contribution is 2.24. The van der Waals surface area contributed by atoms with Crippen molar-refractivity contribution in [2.75, 3.05) is 19.3 Å². The lowest BCUT2D eigenvalue weighted by Crippen LogP contribution is -2.39. The molecule has 3 rings (SSSR count). The summed E-state index contributed by atoms with van der Waals surface area (Å²) in [5.41, 5.74) is 1.81. The molecule has 0 unspecified atom stereocenters. The zero-order valence-electron chi connectivity index (χ0n) is 13.2. The Bertz CT molecular complexity index is 841. The number of hydrogen-bond donors (Lipinski definition) is 1. The second-order valence-electron chi connectivity index (χ2n) is 5.99. The minimum atomic E-state index is -3.10. The van der Waals surface area contributed by atoms with E-state index in [1.165, 1.54) is 6.26 Å². The second-order valence-corrected chi connectivity index (χ2v) is 8.32. The van der Waals surface area contributed by atoms with Crippen molar-refractivity contribution in [1.82, 2.24) is 10.2 Å². The highest BCUT2D eigenvalue weighted by atomic mass is 32.2. The van der Waals surface area contributed by atoms with E-state index in [9.17, 15) is 13.2 Å². The Hall–Kier alpha value is -2.02. The van der Waals surface area contributed by atoms with Crippen LogP contribution in [0.5, 0.6) is 0 Å². The Morgan fingerprint density at radius 1 is 1.39 bits per heavy atom. The van der Waals surface area contributed by atoms with Gasteiger partial charge in [0.1, 0.15) is 11.3 Å². The summed E-state index contributed by atoms with van der Waals surface area (Å²) in [6.45, 7) is 2.97. The number of benzene rings is 1. The van der Waals surface area contributed by atoms with Crippen molar-refractivity contribution in [3.05, 3.63) is 35.6 Å². The van der Waals surface area contributed by atoms with Gasteiger partial charge in [0, 0.05) is 30.3 Å². The number of nitrogens with zero attached hydrogens (tertiary/aromatic N) is 1. The molecule has 1 aromatic heterocycles. The van der Waals surface area contributed by atoms with Crippen LogP contribution in [0, 0.1) is 6.92 Å². The number of amides is 2. The molecule has 1 N–H and O–H groups in total. The van der Waals surface area contributed by atoms with E-state index in [2.05, 4.69) is 5.32 Å². The Morgan fingerprint density at radius 3 is 2.78 bits per heavy atom. The van der Waals surface area contributed by atoms with Crippen molar-refractivity contribution in [3.8, 4) is 0 Å². The van der Waals surface area contributed by atoms with Crippen molar-refractivity contribution in [2.45, 2.75) is 25.1 Å². The molecule has 0 saturated carbocycles. The number of urea groups is 1. The average Bonchev–Trinajstić information content (AvgIpc) is 3.11.